The first-order chi connectivity index (χ1) is 7.71. The van der Waals surface area contributed by atoms with Gasteiger partial charge in [-0.05, 0) is 24.1 Å². The number of halogens is 1. The standard InChI is InChI=1S/C12H15ClO3/c1-3-11(12(14)15-2)16-10-6-4-5-9(7-10)8-13/h4-7,11H,3,8H2,1-2H3/t11-/m1/s1. The maximum Gasteiger partial charge on any atom is 0.347 e. The van der Waals surface area contributed by atoms with Crippen molar-refractivity contribution in [1.29, 1.82) is 0 Å². The van der Waals surface area contributed by atoms with Crippen molar-refractivity contribution in [2.24, 2.45) is 0 Å². The molecule has 0 bridgehead atoms. The largest absolute Gasteiger partial charge is 0.479 e. The summed E-state index contributed by atoms with van der Waals surface area (Å²) in [7, 11) is 1.35. The van der Waals surface area contributed by atoms with Crippen LogP contribution in [0.25, 0.3) is 0 Å². The maximum atomic E-state index is 11.3. The molecule has 0 unspecified atom stereocenters. The Hall–Kier alpha value is -1.22. The fourth-order valence-electron chi connectivity index (χ4n) is 1.30. The predicted molar refractivity (Wildman–Crippen MR) is 62.7 cm³/mol. The number of alkyl halides is 1. The lowest BCUT2D eigenvalue weighted by Crippen LogP contribution is -2.27. The molecular weight excluding hydrogens is 228 g/mol. The molecule has 0 aliphatic carbocycles. The minimum atomic E-state index is -0.560. The number of hydrogen-bond donors (Lipinski definition) is 0. The molecule has 0 amide bonds. The second kappa shape index (κ2) is 6.38. The summed E-state index contributed by atoms with van der Waals surface area (Å²) in [5, 5.41) is 0. The fraction of sp³-hybridized carbons (Fsp3) is 0.417. The molecule has 0 N–H and O–H groups in total. The molecule has 0 saturated carbocycles. The molecular formula is C12H15ClO3. The Labute approximate surface area is 100 Å². The Morgan fingerprint density at radius 1 is 1.50 bits per heavy atom. The van der Waals surface area contributed by atoms with Gasteiger partial charge in [0.2, 0.25) is 0 Å². The monoisotopic (exact) mass is 242 g/mol. The molecule has 0 aliphatic rings. The third-order valence-corrected chi connectivity index (χ3v) is 2.47. The molecule has 4 heteroatoms. The van der Waals surface area contributed by atoms with Gasteiger partial charge in [-0.3, -0.25) is 0 Å². The number of methoxy groups -OCH3 is 1. The van der Waals surface area contributed by atoms with E-state index in [1.807, 2.05) is 25.1 Å². The molecule has 1 atom stereocenters. The summed E-state index contributed by atoms with van der Waals surface area (Å²) in [5.74, 6) is 0.695. The molecule has 0 radical (unpaired) electrons. The van der Waals surface area contributed by atoms with Crippen LogP contribution in [0, 0.1) is 0 Å². The Morgan fingerprint density at radius 2 is 2.25 bits per heavy atom. The van der Waals surface area contributed by atoms with Crippen molar-refractivity contribution in [1.82, 2.24) is 0 Å². The lowest BCUT2D eigenvalue weighted by molar-refractivity contribution is -0.148. The van der Waals surface area contributed by atoms with Gasteiger partial charge in [0.1, 0.15) is 5.75 Å². The molecule has 3 nitrogen and oxygen atoms in total. The average Bonchev–Trinajstić information content (AvgIpc) is 2.35. The summed E-state index contributed by atoms with van der Waals surface area (Å²) < 4.78 is 10.2. The van der Waals surface area contributed by atoms with Gasteiger partial charge in [0.05, 0.1) is 7.11 Å². The zero-order valence-corrected chi connectivity index (χ0v) is 10.2. The fourth-order valence-corrected chi connectivity index (χ4v) is 1.46. The Bertz CT molecular complexity index is 352. The summed E-state index contributed by atoms with van der Waals surface area (Å²) in [5.41, 5.74) is 0.957. The van der Waals surface area contributed by atoms with E-state index in [0.29, 0.717) is 18.1 Å². The van der Waals surface area contributed by atoms with Crippen LogP contribution in [0.15, 0.2) is 24.3 Å². The van der Waals surface area contributed by atoms with Crippen LogP contribution >= 0.6 is 11.6 Å². The number of ether oxygens (including phenoxy) is 2. The first-order valence-electron chi connectivity index (χ1n) is 5.10. The SMILES string of the molecule is CC[C@@H](Oc1cccc(CCl)c1)C(=O)OC. The van der Waals surface area contributed by atoms with E-state index >= 15 is 0 Å². The highest BCUT2D eigenvalue weighted by Crippen LogP contribution is 2.17. The van der Waals surface area contributed by atoms with E-state index in [0.717, 1.165) is 5.56 Å². The van der Waals surface area contributed by atoms with Gasteiger partial charge in [-0.2, -0.15) is 0 Å². The highest BCUT2D eigenvalue weighted by atomic mass is 35.5. The first-order valence-corrected chi connectivity index (χ1v) is 5.64. The molecule has 0 saturated heterocycles. The molecule has 1 rings (SSSR count). The number of rotatable bonds is 5. The number of benzene rings is 1. The summed E-state index contributed by atoms with van der Waals surface area (Å²) in [4.78, 5) is 11.3. The molecule has 0 aliphatic heterocycles. The van der Waals surface area contributed by atoms with Crippen molar-refractivity contribution in [3.8, 4) is 5.75 Å². The van der Waals surface area contributed by atoms with Gasteiger partial charge in [0.15, 0.2) is 6.10 Å². The van der Waals surface area contributed by atoms with Gasteiger partial charge in [-0.15, -0.1) is 11.6 Å². The number of hydrogen-bond acceptors (Lipinski definition) is 3. The number of esters is 1. The molecule has 1 aromatic carbocycles. The van der Waals surface area contributed by atoms with Crippen molar-refractivity contribution in [3.05, 3.63) is 29.8 Å². The minimum Gasteiger partial charge on any atom is -0.479 e. The van der Waals surface area contributed by atoms with E-state index < -0.39 is 6.10 Å². The topological polar surface area (TPSA) is 35.5 Å². The Balaban J connectivity index is 2.73. The minimum absolute atomic E-state index is 0.362. The molecule has 88 valence electrons. The smallest absolute Gasteiger partial charge is 0.347 e. The van der Waals surface area contributed by atoms with Gasteiger partial charge in [-0.25, -0.2) is 4.79 Å². The van der Waals surface area contributed by atoms with Crippen LogP contribution in [-0.2, 0) is 15.4 Å². The first kappa shape index (κ1) is 12.8. The maximum absolute atomic E-state index is 11.3. The van der Waals surface area contributed by atoms with Crippen LogP contribution in [0.1, 0.15) is 18.9 Å². The second-order valence-corrected chi connectivity index (χ2v) is 3.59. The van der Waals surface area contributed by atoms with Crippen LogP contribution in [0.4, 0.5) is 0 Å². The van der Waals surface area contributed by atoms with E-state index in [1.54, 1.807) is 6.07 Å². The molecule has 0 spiro atoms. The summed E-state index contributed by atoms with van der Waals surface area (Å²) in [6.07, 6.45) is 0.00759. The van der Waals surface area contributed by atoms with Gasteiger partial charge in [0, 0.05) is 5.88 Å². The molecule has 0 aromatic heterocycles. The Kier molecular flexibility index (Phi) is 5.12. The van der Waals surface area contributed by atoms with Crippen molar-refractivity contribution in [2.75, 3.05) is 7.11 Å². The second-order valence-electron chi connectivity index (χ2n) is 3.32. The van der Waals surface area contributed by atoms with Crippen LogP contribution in [0.2, 0.25) is 0 Å². The van der Waals surface area contributed by atoms with Gasteiger partial charge in [0.25, 0.3) is 0 Å². The van der Waals surface area contributed by atoms with Gasteiger partial charge >= 0.3 is 5.97 Å². The van der Waals surface area contributed by atoms with E-state index in [9.17, 15) is 4.79 Å². The quantitative estimate of drug-likeness (QED) is 0.588. The van der Waals surface area contributed by atoms with Crippen LogP contribution < -0.4 is 4.74 Å². The molecule has 0 heterocycles. The normalized spacial score (nSPS) is 11.9. The molecule has 16 heavy (non-hydrogen) atoms. The summed E-state index contributed by atoms with van der Waals surface area (Å²) in [6, 6.07) is 7.36. The lowest BCUT2D eigenvalue weighted by Gasteiger charge is -2.15. The number of carbonyl (C=O) groups excluding carboxylic acids is 1. The van der Waals surface area contributed by atoms with Crippen LogP contribution in [-0.4, -0.2) is 19.2 Å². The van der Waals surface area contributed by atoms with Gasteiger partial charge < -0.3 is 9.47 Å². The van der Waals surface area contributed by atoms with E-state index in [4.69, 9.17) is 16.3 Å². The average molecular weight is 243 g/mol. The summed E-state index contributed by atoms with van der Waals surface area (Å²) in [6.45, 7) is 1.87. The van der Waals surface area contributed by atoms with Crippen molar-refractivity contribution < 1.29 is 14.3 Å². The van der Waals surface area contributed by atoms with E-state index in [-0.39, 0.29) is 5.97 Å². The van der Waals surface area contributed by atoms with Crippen molar-refractivity contribution >= 4 is 17.6 Å². The zero-order chi connectivity index (χ0) is 12.0. The van der Waals surface area contributed by atoms with Crippen LogP contribution in [0.5, 0.6) is 5.75 Å². The van der Waals surface area contributed by atoms with Crippen molar-refractivity contribution in [2.45, 2.75) is 25.3 Å². The molecule has 0 fully saturated rings. The van der Waals surface area contributed by atoms with Gasteiger partial charge in [-0.1, -0.05) is 19.1 Å². The Morgan fingerprint density at radius 3 is 2.81 bits per heavy atom. The third kappa shape index (κ3) is 3.42. The van der Waals surface area contributed by atoms with Crippen molar-refractivity contribution in [3.63, 3.8) is 0 Å². The highest BCUT2D eigenvalue weighted by molar-refractivity contribution is 6.17. The summed E-state index contributed by atoms with van der Waals surface area (Å²) >= 11 is 5.71. The number of carbonyl (C=O) groups is 1. The predicted octanol–water partition coefficient (Wildman–Crippen LogP) is 2.76. The van der Waals surface area contributed by atoms with E-state index in [1.165, 1.54) is 7.11 Å². The molecule has 1 aromatic rings. The third-order valence-electron chi connectivity index (χ3n) is 2.17. The van der Waals surface area contributed by atoms with Crippen LogP contribution in [0.3, 0.4) is 0 Å². The highest BCUT2D eigenvalue weighted by Gasteiger charge is 2.18. The zero-order valence-electron chi connectivity index (χ0n) is 9.40. The lowest BCUT2D eigenvalue weighted by atomic mass is 10.2. The van der Waals surface area contributed by atoms with E-state index in [2.05, 4.69) is 4.74 Å².